The summed E-state index contributed by atoms with van der Waals surface area (Å²) in [6.45, 7) is 1.26. The second-order valence-electron chi connectivity index (χ2n) is 5.17. The lowest BCUT2D eigenvalue weighted by atomic mass is 10.1. The Bertz CT molecular complexity index is 425. The third-order valence-corrected chi connectivity index (χ3v) is 3.25. The van der Waals surface area contributed by atoms with E-state index in [0.29, 0.717) is 24.3 Å². The number of benzene rings is 1. The van der Waals surface area contributed by atoms with E-state index in [4.69, 9.17) is 5.73 Å². The Balaban J connectivity index is 2.24. The SMILES string of the molecule is CN(C)CC1CC(O)CN1c1ccc(N)cc1F. The maximum absolute atomic E-state index is 13.9. The van der Waals surface area contributed by atoms with Gasteiger partial charge in [0.1, 0.15) is 5.82 Å². The second kappa shape index (κ2) is 5.12. The molecular formula is C13H20FN3O. The van der Waals surface area contributed by atoms with Crippen molar-refractivity contribution in [2.24, 2.45) is 0 Å². The van der Waals surface area contributed by atoms with Crippen LogP contribution in [-0.2, 0) is 0 Å². The standard InChI is InChI=1S/C13H20FN3O/c1-16(2)7-10-6-11(18)8-17(10)13-4-3-9(15)5-12(13)14/h3-5,10-11,18H,6-8,15H2,1-2H3. The molecule has 0 bridgehead atoms. The molecule has 1 aromatic carbocycles. The molecule has 1 aromatic rings. The molecule has 1 fully saturated rings. The van der Waals surface area contributed by atoms with Crippen molar-refractivity contribution in [1.82, 2.24) is 4.90 Å². The summed E-state index contributed by atoms with van der Waals surface area (Å²) in [4.78, 5) is 3.98. The van der Waals surface area contributed by atoms with Crippen LogP contribution in [0.25, 0.3) is 0 Å². The van der Waals surface area contributed by atoms with E-state index in [1.807, 2.05) is 23.9 Å². The minimum Gasteiger partial charge on any atom is -0.399 e. The summed E-state index contributed by atoms with van der Waals surface area (Å²) < 4.78 is 13.9. The molecule has 2 unspecified atom stereocenters. The van der Waals surface area contributed by atoms with E-state index in [9.17, 15) is 9.50 Å². The number of halogens is 1. The van der Waals surface area contributed by atoms with Gasteiger partial charge in [0.15, 0.2) is 0 Å². The quantitative estimate of drug-likeness (QED) is 0.786. The summed E-state index contributed by atoms with van der Waals surface area (Å²) in [5, 5.41) is 9.78. The van der Waals surface area contributed by atoms with Gasteiger partial charge >= 0.3 is 0 Å². The molecule has 0 saturated carbocycles. The fourth-order valence-electron chi connectivity index (χ4n) is 2.54. The Labute approximate surface area is 107 Å². The van der Waals surface area contributed by atoms with Gasteiger partial charge < -0.3 is 20.6 Å². The Hall–Kier alpha value is -1.33. The molecule has 1 aliphatic heterocycles. The molecule has 5 heteroatoms. The summed E-state index contributed by atoms with van der Waals surface area (Å²) >= 11 is 0. The van der Waals surface area contributed by atoms with Crippen LogP contribution in [0.4, 0.5) is 15.8 Å². The van der Waals surface area contributed by atoms with Gasteiger partial charge in [-0.15, -0.1) is 0 Å². The van der Waals surface area contributed by atoms with Gasteiger partial charge in [-0.2, -0.15) is 0 Å². The number of likely N-dealkylation sites (N-methyl/N-ethyl adjacent to an activating group) is 1. The van der Waals surface area contributed by atoms with Crippen molar-refractivity contribution in [3.8, 4) is 0 Å². The van der Waals surface area contributed by atoms with E-state index in [0.717, 1.165) is 6.54 Å². The molecule has 18 heavy (non-hydrogen) atoms. The number of nitrogen functional groups attached to an aromatic ring is 1. The highest BCUT2D eigenvalue weighted by molar-refractivity contribution is 5.56. The van der Waals surface area contributed by atoms with E-state index < -0.39 is 6.10 Å². The third kappa shape index (κ3) is 2.73. The molecule has 0 amide bonds. The second-order valence-corrected chi connectivity index (χ2v) is 5.17. The average molecular weight is 253 g/mol. The van der Waals surface area contributed by atoms with Crippen LogP contribution in [-0.4, -0.2) is 49.3 Å². The van der Waals surface area contributed by atoms with Gasteiger partial charge in [-0.05, 0) is 38.7 Å². The van der Waals surface area contributed by atoms with Crippen LogP contribution in [0.15, 0.2) is 18.2 Å². The van der Waals surface area contributed by atoms with Crippen LogP contribution in [0, 0.1) is 5.82 Å². The van der Waals surface area contributed by atoms with Gasteiger partial charge in [0, 0.05) is 24.8 Å². The number of hydrogen-bond donors (Lipinski definition) is 2. The number of rotatable bonds is 3. The highest BCUT2D eigenvalue weighted by atomic mass is 19.1. The molecule has 0 spiro atoms. The Kier molecular flexibility index (Phi) is 3.73. The van der Waals surface area contributed by atoms with Gasteiger partial charge in [0.2, 0.25) is 0 Å². The highest BCUT2D eigenvalue weighted by Crippen LogP contribution is 2.29. The van der Waals surface area contributed by atoms with Crippen molar-refractivity contribution >= 4 is 11.4 Å². The number of aliphatic hydroxyl groups excluding tert-OH is 1. The van der Waals surface area contributed by atoms with Crippen LogP contribution in [0.5, 0.6) is 0 Å². The van der Waals surface area contributed by atoms with Crippen molar-refractivity contribution in [2.75, 3.05) is 37.8 Å². The molecule has 3 N–H and O–H groups in total. The molecule has 1 saturated heterocycles. The lowest BCUT2D eigenvalue weighted by molar-refractivity contribution is 0.191. The number of anilines is 2. The zero-order chi connectivity index (χ0) is 13.3. The number of β-amino-alcohol motifs (C(OH)–C–C–N with tert-alkyl or cyclic N) is 1. The first kappa shape index (κ1) is 13.1. The lowest BCUT2D eigenvalue weighted by Crippen LogP contribution is -2.38. The van der Waals surface area contributed by atoms with Crippen LogP contribution in [0.3, 0.4) is 0 Å². The maximum atomic E-state index is 13.9. The van der Waals surface area contributed by atoms with Crippen LogP contribution in [0.1, 0.15) is 6.42 Å². The van der Waals surface area contributed by atoms with E-state index in [-0.39, 0.29) is 11.9 Å². The normalized spacial score (nSPS) is 23.9. The first-order chi connectivity index (χ1) is 8.47. The van der Waals surface area contributed by atoms with Crippen molar-refractivity contribution in [3.05, 3.63) is 24.0 Å². The molecule has 0 aromatic heterocycles. The highest BCUT2D eigenvalue weighted by Gasteiger charge is 2.32. The maximum Gasteiger partial charge on any atom is 0.148 e. The van der Waals surface area contributed by atoms with Crippen molar-refractivity contribution in [2.45, 2.75) is 18.6 Å². The first-order valence-corrected chi connectivity index (χ1v) is 6.12. The van der Waals surface area contributed by atoms with E-state index in [1.165, 1.54) is 6.07 Å². The molecule has 1 aliphatic rings. The Morgan fingerprint density at radius 1 is 1.50 bits per heavy atom. The fraction of sp³-hybridized carbons (Fsp3) is 0.538. The molecule has 100 valence electrons. The molecule has 2 rings (SSSR count). The minimum absolute atomic E-state index is 0.133. The molecule has 4 nitrogen and oxygen atoms in total. The molecule has 2 atom stereocenters. The zero-order valence-corrected chi connectivity index (χ0v) is 10.8. The summed E-state index contributed by atoms with van der Waals surface area (Å²) in [7, 11) is 3.95. The summed E-state index contributed by atoms with van der Waals surface area (Å²) in [6.07, 6.45) is 0.272. The molecular weight excluding hydrogens is 233 g/mol. The number of nitrogens with two attached hydrogens (primary N) is 1. The number of hydrogen-bond acceptors (Lipinski definition) is 4. The fourth-order valence-corrected chi connectivity index (χ4v) is 2.54. The van der Waals surface area contributed by atoms with Gasteiger partial charge in [-0.1, -0.05) is 0 Å². The predicted octanol–water partition coefficient (Wildman–Crippen LogP) is 0.909. The molecule has 1 heterocycles. The van der Waals surface area contributed by atoms with E-state index >= 15 is 0 Å². The summed E-state index contributed by atoms with van der Waals surface area (Å²) in [5.41, 5.74) is 6.49. The average Bonchev–Trinajstić information content (AvgIpc) is 2.58. The van der Waals surface area contributed by atoms with Gasteiger partial charge in [-0.25, -0.2) is 4.39 Å². The van der Waals surface area contributed by atoms with Gasteiger partial charge in [0.05, 0.1) is 11.8 Å². The minimum atomic E-state index is -0.396. The Morgan fingerprint density at radius 2 is 2.22 bits per heavy atom. The number of aliphatic hydroxyl groups is 1. The Morgan fingerprint density at radius 3 is 2.83 bits per heavy atom. The topological polar surface area (TPSA) is 52.7 Å². The zero-order valence-electron chi connectivity index (χ0n) is 10.8. The number of nitrogens with zero attached hydrogens (tertiary/aromatic N) is 2. The van der Waals surface area contributed by atoms with Crippen molar-refractivity contribution in [3.63, 3.8) is 0 Å². The molecule has 0 aliphatic carbocycles. The third-order valence-electron chi connectivity index (χ3n) is 3.25. The van der Waals surface area contributed by atoms with Crippen LogP contribution >= 0.6 is 0 Å². The lowest BCUT2D eigenvalue weighted by Gasteiger charge is -2.29. The van der Waals surface area contributed by atoms with Gasteiger partial charge in [0.25, 0.3) is 0 Å². The van der Waals surface area contributed by atoms with Crippen LogP contribution in [0.2, 0.25) is 0 Å². The largest absolute Gasteiger partial charge is 0.399 e. The van der Waals surface area contributed by atoms with Crippen molar-refractivity contribution in [1.29, 1.82) is 0 Å². The first-order valence-electron chi connectivity index (χ1n) is 6.12. The molecule has 0 radical (unpaired) electrons. The summed E-state index contributed by atoms with van der Waals surface area (Å²) in [6, 6.07) is 4.83. The smallest absolute Gasteiger partial charge is 0.148 e. The van der Waals surface area contributed by atoms with E-state index in [1.54, 1.807) is 12.1 Å². The van der Waals surface area contributed by atoms with Crippen molar-refractivity contribution < 1.29 is 9.50 Å². The van der Waals surface area contributed by atoms with Gasteiger partial charge in [-0.3, -0.25) is 0 Å². The van der Waals surface area contributed by atoms with Crippen LogP contribution < -0.4 is 10.6 Å². The predicted molar refractivity (Wildman–Crippen MR) is 71.1 cm³/mol. The monoisotopic (exact) mass is 253 g/mol. The van der Waals surface area contributed by atoms with E-state index in [2.05, 4.69) is 0 Å². The summed E-state index contributed by atoms with van der Waals surface area (Å²) in [5.74, 6) is -0.326.